The van der Waals surface area contributed by atoms with E-state index in [4.69, 9.17) is 5.26 Å². The maximum absolute atomic E-state index is 12.1. The van der Waals surface area contributed by atoms with Crippen LogP contribution in [0.25, 0.3) is 10.2 Å². The first-order chi connectivity index (χ1) is 10.0. The molecule has 0 spiro atoms. The molecule has 0 bridgehead atoms. The van der Waals surface area contributed by atoms with E-state index in [1.165, 1.54) is 7.05 Å². The second kappa shape index (κ2) is 4.79. The lowest BCUT2D eigenvalue weighted by molar-refractivity contribution is -0.647. The van der Waals surface area contributed by atoms with Crippen LogP contribution in [0.5, 0.6) is 0 Å². The predicted molar refractivity (Wildman–Crippen MR) is 77.1 cm³/mol. The maximum atomic E-state index is 12.1. The Labute approximate surface area is 125 Å². The van der Waals surface area contributed by atoms with Crippen LogP contribution in [0.1, 0.15) is 5.01 Å². The van der Waals surface area contributed by atoms with Crippen LogP contribution in [-0.2, 0) is 23.1 Å². The molecule has 2 aromatic rings. The number of imide groups is 1. The van der Waals surface area contributed by atoms with Crippen LogP contribution in [0.2, 0.25) is 0 Å². The van der Waals surface area contributed by atoms with E-state index < -0.39 is 5.91 Å². The number of amides is 2. The maximum Gasteiger partial charge on any atom is 0.271 e. The zero-order chi connectivity index (χ0) is 15.1. The van der Waals surface area contributed by atoms with Crippen molar-refractivity contribution in [1.82, 2.24) is 4.90 Å². The monoisotopic (exact) mass is 298 g/mol. The van der Waals surface area contributed by atoms with Gasteiger partial charge in [-0.15, -0.1) is 0 Å². The fourth-order valence-corrected chi connectivity index (χ4v) is 3.60. The number of nitrogens with zero attached hydrogens (tertiary/aromatic N) is 3. The summed E-state index contributed by atoms with van der Waals surface area (Å²) in [6.45, 7) is 0. The topological polar surface area (TPSA) is 65.1 Å². The minimum absolute atomic E-state index is 0.0417. The number of fused-ring (bicyclic) bond motifs is 1. The summed E-state index contributed by atoms with van der Waals surface area (Å²) in [6.07, 6.45) is 0.299. The van der Waals surface area contributed by atoms with Gasteiger partial charge in [0.05, 0.1) is 12.0 Å². The number of hydrogen-bond donors (Lipinski definition) is 0. The van der Waals surface area contributed by atoms with Gasteiger partial charge in [0.15, 0.2) is 0 Å². The van der Waals surface area contributed by atoms with Gasteiger partial charge in [0.1, 0.15) is 23.4 Å². The second-order valence-corrected chi connectivity index (χ2v) is 5.95. The first-order valence-electron chi connectivity index (χ1n) is 6.36. The Kier molecular flexibility index (Phi) is 3.07. The average Bonchev–Trinajstić information content (AvgIpc) is 2.91. The van der Waals surface area contributed by atoms with Gasteiger partial charge in [0.2, 0.25) is 10.5 Å². The zero-order valence-corrected chi connectivity index (χ0v) is 12.4. The summed E-state index contributed by atoms with van der Waals surface area (Å²) in [6, 6.07) is 9.79. The normalized spacial score (nSPS) is 15.2. The molecule has 0 fully saturated rings. The SMILES string of the molecule is CN1C(=O)C(C#N)=C(Cc2sc3ccccc3[n+]2C)C1=O. The molecule has 0 aliphatic carbocycles. The average molecular weight is 298 g/mol. The fraction of sp³-hybridized carbons (Fsp3) is 0.200. The molecule has 2 heterocycles. The van der Waals surface area contributed by atoms with Crippen molar-refractivity contribution < 1.29 is 14.2 Å². The Balaban J connectivity index is 2.08. The highest BCUT2D eigenvalue weighted by molar-refractivity contribution is 7.18. The highest BCUT2D eigenvalue weighted by Gasteiger charge is 2.37. The number of likely N-dealkylation sites (N-methyl/N-ethyl adjacent to an activating group) is 1. The van der Waals surface area contributed by atoms with E-state index >= 15 is 0 Å². The predicted octanol–water partition coefficient (Wildman–Crippen LogP) is 1.09. The Hall–Kier alpha value is -2.52. The van der Waals surface area contributed by atoms with Crippen LogP contribution < -0.4 is 4.57 Å². The second-order valence-electron chi connectivity index (χ2n) is 4.83. The third-order valence-electron chi connectivity index (χ3n) is 3.65. The number of carbonyl (C=O) groups is 2. The number of carbonyl (C=O) groups excluding carboxylic acids is 2. The summed E-state index contributed by atoms with van der Waals surface area (Å²) < 4.78 is 3.11. The molecule has 0 radical (unpaired) electrons. The first-order valence-corrected chi connectivity index (χ1v) is 7.18. The zero-order valence-electron chi connectivity index (χ0n) is 11.6. The van der Waals surface area contributed by atoms with Gasteiger partial charge in [-0.25, -0.2) is 0 Å². The van der Waals surface area contributed by atoms with Crippen molar-refractivity contribution in [1.29, 1.82) is 5.26 Å². The molecule has 0 unspecified atom stereocenters. The molecule has 1 aliphatic heterocycles. The van der Waals surface area contributed by atoms with E-state index in [-0.39, 0.29) is 17.1 Å². The lowest BCUT2D eigenvalue weighted by atomic mass is 10.1. The number of benzene rings is 1. The van der Waals surface area contributed by atoms with Crippen LogP contribution in [0.4, 0.5) is 0 Å². The fourth-order valence-electron chi connectivity index (χ4n) is 2.43. The van der Waals surface area contributed by atoms with Crippen molar-refractivity contribution in [3.05, 3.63) is 40.4 Å². The molecule has 1 aromatic heterocycles. The highest BCUT2D eigenvalue weighted by atomic mass is 32.1. The van der Waals surface area contributed by atoms with Gasteiger partial charge in [0, 0.05) is 13.1 Å². The van der Waals surface area contributed by atoms with E-state index in [2.05, 4.69) is 0 Å². The standard InChI is InChI=1S/C15H12N3O2S/c1-17-11-5-3-4-6-12(11)21-13(17)7-9-10(8-16)15(20)18(2)14(9)19/h3-6H,7H2,1-2H3/q+1. The molecule has 5 nitrogen and oxygen atoms in total. The van der Waals surface area contributed by atoms with Crippen LogP contribution >= 0.6 is 11.3 Å². The summed E-state index contributed by atoms with van der Waals surface area (Å²) in [7, 11) is 3.33. The molecule has 104 valence electrons. The van der Waals surface area contributed by atoms with Crippen LogP contribution in [0.15, 0.2) is 35.4 Å². The molecular weight excluding hydrogens is 286 g/mol. The molecule has 1 aliphatic rings. The number of aryl methyl sites for hydroxylation is 1. The molecule has 2 amide bonds. The summed E-state index contributed by atoms with van der Waals surface area (Å²) >= 11 is 1.57. The Bertz CT molecular complexity index is 857. The number of thiazole rings is 1. The Morgan fingerprint density at radius 1 is 1.29 bits per heavy atom. The lowest BCUT2D eigenvalue weighted by Crippen LogP contribution is -2.32. The molecule has 0 N–H and O–H groups in total. The van der Waals surface area contributed by atoms with E-state index in [1.54, 1.807) is 11.3 Å². The first kappa shape index (κ1) is 13.5. The molecule has 0 atom stereocenters. The molecule has 3 rings (SSSR count). The minimum atomic E-state index is -0.513. The van der Waals surface area contributed by atoms with Crippen LogP contribution in [0.3, 0.4) is 0 Å². The number of nitriles is 1. The van der Waals surface area contributed by atoms with Gasteiger partial charge in [-0.2, -0.15) is 9.83 Å². The van der Waals surface area contributed by atoms with Gasteiger partial charge in [-0.1, -0.05) is 23.5 Å². The minimum Gasteiger partial charge on any atom is -0.277 e. The summed E-state index contributed by atoms with van der Waals surface area (Å²) in [5.41, 5.74) is 1.31. The van der Waals surface area contributed by atoms with Crippen LogP contribution in [-0.4, -0.2) is 23.8 Å². The van der Waals surface area contributed by atoms with Gasteiger partial charge in [-0.3, -0.25) is 14.5 Å². The van der Waals surface area contributed by atoms with Gasteiger partial charge in [0.25, 0.3) is 11.8 Å². The van der Waals surface area contributed by atoms with Crippen molar-refractivity contribution in [2.24, 2.45) is 7.05 Å². The molecule has 21 heavy (non-hydrogen) atoms. The van der Waals surface area contributed by atoms with E-state index in [0.717, 1.165) is 20.1 Å². The lowest BCUT2D eigenvalue weighted by Gasteiger charge is -2.04. The number of aromatic nitrogens is 1. The van der Waals surface area contributed by atoms with E-state index in [9.17, 15) is 9.59 Å². The highest BCUT2D eigenvalue weighted by Crippen LogP contribution is 2.26. The number of hydrogen-bond acceptors (Lipinski definition) is 4. The molecule has 0 saturated carbocycles. The van der Waals surface area contributed by atoms with Crippen molar-refractivity contribution in [2.75, 3.05) is 7.05 Å². The van der Waals surface area contributed by atoms with Crippen molar-refractivity contribution in [2.45, 2.75) is 6.42 Å². The third-order valence-corrected chi connectivity index (χ3v) is 4.87. The van der Waals surface area contributed by atoms with Crippen LogP contribution in [0, 0.1) is 11.3 Å². The van der Waals surface area contributed by atoms with Crippen molar-refractivity contribution in [3.8, 4) is 6.07 Å². The Morgan fingerprint density at radius 2 is 2.00 bits per heavy atom. The summed E-state index contributed by atoms with van der Waals surface area (Å²) in [4.78, 5) is 24.9. The molecular formula is C15H12N3O2S+. The number of rotatable bonds is 2. The molecule has 0 saturated heterocycles. The largest absolute Gasteiger partial charge is 0.277 e. The van der Waals surface area contributed by atoms with Crippen molar-refractivity contribution >= 4 is 33.4 Å². The molecule has 6 heteroatoms. The molecule has 1 aromatic carbocycles. The van der Waals surface area contributed by atoms with Gasteiger partial charge in [-0.05, 0) is 6.07 Å². The quantitative estimate of drug-likeness (QED) is 0.616. The Morgan fingerprint density at radius 3 is 2.67 bits per heavy atom. The number of para-hydroxylation sites is 1. The van der Waals surface area contributed by atoms with Crippen molar-refractivity contribution in [3.63, 3.8) is 0 Å². The van der Waals surface area contributed by atoms with Gasteiger partial charge < -0.3 is 0 Å². The summed E-state index contributed by atoms with van der Waals surface area (Å²) in [5.74, 6) is -0.893. The smallest absolute Gasteiger partial charge is 0.271 e. The van der Waals surface area contributed by atoms with E-state index in [0.29, 0.717) is 6.42 Å². The summed E-state index contributed by atoms with van der Waals surface area (Å²) in [5, 5.41) is 10.1. The van der Waals surface area contributed by atoms with E-state index in [1.807, 2.05) is 41.9 Å². The third kappa shape index (κ3) is 1.94. The van der Waals surface area contributed by atoms with Gasteiger partial charge >= 0.3 is 0 Å².